The zero-order chi connectivity index (χ0) is 14.1. The van der Waals surface area contributed by atoms with E-state index in [1.165, 1.54) is 4.90 Å². The van der Waals surface area contributed by atoms with E-state index in [2.05, 4.69) is 0 Å². The Labute approximate surface area is 108 Å². The van der Waals surface area contributed by atoms with Gasteiger partial charge in [0.25, 0.3) is 0 Å². The predicted molar refractivity (Wildman–Crippen MR) is 67.4 cm³/mol. The highest BCUT2D eigenvalue weighted by Crippen LogP contribution is 2.29. The van der Waals surface area contributed by atoms with Gasteiger partial charge in [-0.1, -0.05) is 6.92 Å². The second kappa shape index (κ2) is 5.16. The molecule has 0 unspecified atom stereocenters. The van der Waals surface area contributed by atoms with Crippen molar-refractivity contribution < 1.29 is 19.4 Å². The van der Waals surface area contributed by atoms with Gasteiger partial charge >= 0.3 is 12.1 Å². The third kappa shape index (κ3) is 3.62. The largest absolute Gasteiger partial charge is 0.480 e. The molecular weight excluding hydrogens is 234 g/mol. The molecule has 1 rings (SSSR count). The molecule has 1 aliphatic heterocycles. The summed E-state index contributed by atoms with van der Waals surface area (Å²) in [6, 6.07) is -0.886. The molecule has 0 aliphatic carbocycles. The van der Waals surface area contributed by atoms with E-state index in [1.807, 2.05) is 13.8 Å². The Morgan fingerprint density at radius 2 is 1.78 bits per heavy atom. The van der Waals surface area contributed by atoms with Gasteiger partial charge in [-0.2, -0.15) is 0 Å². The van der Waals surface area contributed by atoms with Crippen LogP contribution in [0.2, 0.25) is 0 Å². The molecule has 0 aromatic carbocycles. The van der Waals surface area contributed by atoms with Crippen LogP contribution in [0.5, 0.6) is 0 Å². The number of carboxylic acid groups (broad SMARTS) is 1. The van der Waals surface area contributed by atoms with Gasteiger partial charge < -0.3 is 9.84 Å². The molecule has 1 heterocycles. The first-order valence-corrected chi connectivity index (χ1v) is 6.36. The SMILES string of the molecule is C[C@@H]1C[C@H](C)N(C(=O)OC(C)(C)C)[C@H](C(=O)O)C1. The standard InChI is InChI=1S/C13H23NO4/c1-8-6-9(2)14(10(7-8)11(15)16)12(17)18-13(3,4)5/h8-10H,6-7H2,1-5H3,(H,15,16)/t8-,9+,10+/m1/s1. The first-order valence-electron chi connectivity index (χ1n) is 6.36. The van der Waals surface area contributed by atoms with Gasteiger partial charge in [0.1, 0.15) is 11.6 Å². The number of hydrogen-bond donors (Lipinski definition) is 1. The highest BCUT2D eigenvalue weighted by molar-refractivity contribution is 5.80. The summed E-state index contributed by atoms with van der Waals surface area (Å²) in [4.78, 5) is 24.7. The summed E-state index contributed by atoms with van der Waals surface area (Å²) >= 11 is 0. The maximum atomic E-state index is 12.1. The highest BCUT2D eigenvalue weighted by atomic mass is 16.6. The zero-order valence-electron chi connectivity index (χ0n) is 11.8. The minimum absolute atomic E-state index is 0.107. The van der Waals surface area contributed by atoms with Crippen LogP contribution in [-0.2, 0) is 9.53 Å². The van der Waals surface area contributed by atoms with Gasteiger partial charge in [0.15, 0.2) is 0 Å². The van der Waals surface area contributed by atoms with Gasteiger partial charge in [-0.3, -0.25) is 4.90 Å². The van der Waals surface area contributed by atoms with Crippen molar-refractivity contribution in [3.63, 3.8) is 0 Å². The van der Waals surface area contributed by atoms with E-state index in [1.54, 1.807) is 20.8 Å². The van der Waals surface area contributed by atoms with Crippen molar-refractivity contribution in [3.05, 3.63) is 0 Å². The van der Waals surface area contributed by atoms with Crippen LogP contribution in [0, 0.1) is 5.92 Å². The number of likely N-dealkylation sites (tertiary alicyclic amines) is 1. The van der Waals surface area contributed by atoms with Crippen LogP contribution in [0.15, 0.2) is 0 Å². The Morgan fingerprint density at radius 3 is 2.22 bits per heavy atom. The number of rotatable bonds is 1. The minimum atomic E-state index is -0.959. The molecule has 0 bridgehead atoms. The molecular formula is C13H23NO4. The van der Waals surface area contributed by atoms with E-state index < -0.39 is 23.7 Å². The summed E-state index contributed by atoms with van der Waals surface area (Å²) in [6.07, 6.45) is 0.761. The van der Waals surface area contributed by atoms with Gasteiger partial charge in [0.05, 0.1) is 0 Å². The number of ether oxygens (including phenoxy) is 1. The Morgan fingerprint density at radius 1 is 1.22 bits per heavy atom. The van der Waals surface area contributed by atoms with Gasteiger partial charge in [-0.25, -0.2) is 9.59 Å². The Balaban J connectivity index is 2.87. The average molecular weight is 257 g/mol. The van der Waals surface area contributed by atoms with Crippen molar-refractivity contribution in [1.29, 1.82) is 0 Å². The maximum Gasteiger partial charge on any atom is 0.411 e. The molecule has 5 heteroatoms. The normalized spacial score (nSPS) is 28.9. The number of carboxylic acids is 1. The molecule has 0 spiro atoms. The van der Waals surface area contributed by atoms with Crippen molar-refractivity contribution in [2.24, 2.45) is 5.92 Å². The van der Waals surface area contributed by atoms with Gasteiger partial charge in [0.2, 0.25) is 0 Å². The first-order chi connectivity index (χ1) is 8.11. The van der Waals surface area contributed by atoms with Crippen LogP contribution < -0.4 is 0 Å². The predicted octanol–water partition coefficient (Wildman–Crippen LogP) is 2.50. The minimum Gasteiger partial charge on any atom is -0.480 e. The number of nitrogens with zero attached hydrogens (tertiary/aromatic N) is 1. The van der Waals surface area contributed by atoms with Crippen LogP contribution in [0.1, 0.15) is 47.5 Å². The van der Waals surface area contributed by atoms with E-state index in [9.17, 15) is 14.7 Å². The van der Waals surface area contributed by atoms with Crippen LogP contribution >= 0.6 is 0 Å². The molecule has 0 aromatic rings. The van der Waals surface area contributed by atoms with Crippen molar-refractivity contribution in [2.75, 3.05) is 0 Å². The lowest BCUT2D eigenvalue weighted by molar-refractivity contribution is -0.146. The van der Waals surface area contributed by atoms with Crippen LogP contribution in [0.4, 0.5) is 4.79 Å². The Bertz CT molecular complexity index is 334. The molecule has 18 heavy (non-hydrogen) atoms. The molecule has 1 saturated heterocycles. The Hall–Kier alpha value is -1.26. The second-order valence-corrected chi connectivity index (χ2v) is 6.17. The fraction of sp³-hybridized carbons (Fsp3) is 0.846. The topological polar surface area (TPSA) is 66.8 Å². The number of aliphatic carboxylic acids is 1. The molecule has 0 aromatic heterocycles. The lowest BCUT2D eigenvalue weighted by atomic mass is 9.88. The quantitative estimate of drug-likeness (QED) is 0.783. The number of carbonyl (C=O) groups is 2. The van der Waals surface area contributed by atoms with Gasteiger partial charge in [-0.15, -0.1) is 0 Å². The first kappa shape index (κ1) is 14.8. The summed E-state index contributed by atoms with van der Waals surface area (Å²) in [6.45, 7) is 9.21. The van der Waals surface area contributed by atoms with Crippen molar-refractivity contribution in [3.8, 4) is 0 Å². The summed E-state index contributed by atoms with van der Waals surface area (Å²) < 4.78 is 5.29. The molecule has 1 N–H and O–H groups in total. The Kier molecular flexibility index (Phi) is 4.24. The molecule has 1 amide bonds. The number of carbonyl (C=O) groups excluding carboxylic acids is 1. The van der Waals surface area contributed by atoms with E-state index in [0.29, 0.717) is 12.3 Å². The zero-order valence-corrected chi connectivity index (χ0v) is 11.8. The molecule has 5 nitrogen and oxygen atoms in total. The van der Waals surface area contributed by atoms with E-state index >= 15 is 0 Å². The summed E-state index contributed by atoms with van der Waals surface area (Å²) in [5, 5.41) is 9.24. The number of hydrogen-bond acceptors (Lipinski definition) is 3. The van der Waals surface area contributed by atoms with E-state index in [0.717, 1.165) is 6.42 Å². The molecule has 1 fully saturated rings. The van der Waals surface area contributed by atoms with E-state index in [4.69, 9.17) is 4.74 Å². The molecule has 0 radical (unpaired) electrons. The highest BCUT2D eigenvalue weighted by Gasteiger charge is 2.40. The van der Waals surface area contributed by atoms with Crippen LogP contribution in [-0.4, -0.2) is 39.8 Å². The average Bonchev–Trinajstić information content (AvgIpc) is 2.12. The summed E-state index contributed by atoms with van der Waals surface area (Å²) in [5.74, 6) is -0.654. The molecule has 1 aliphatic rings. The fourth-order valence-corrected chi connectivity index (χ4v) is 2.44. The molecule has 3 atom stereocenters. The summed E-state index contributed by atoms with van der Waals surface area (Å²) in [5.41, 5.74) is -0.608. The smallest absolute Gasteiger partial charge is 0.411 e. The molecule has 0 saturated carbocycles. The number of piperidine rings is 1. The van der Waals surface area contributed by atoms with Crippen LogP contribution in [0.25, 0.3) is 0 Å². The maximum absolute atomic E-state index is 12.1. The van der Waals surface area contributed by atoms with Gasteiger partial charge in [0, 0.05) is 6.04 Å². The monoisotopic (exact) mass is 257 g/mol. The van der Waals surface area contributed by atoms with Crippen molar-refractivity contribution in [1.82, 2.24) is 4.90 Å². The second-order valence-electron chi connectivity index (χ2n) is 6.17. The fourth-order valence-electron chi connectivity index (χ4n) is 2.44. The van der Waals surface area contributed by atoms with Crippen molar-refractivity contribution in [2.45, 2.75) is 65.1 Å². The third-order valence-corrected chi connectivity index (χ3v) is 3.07. The molecule has 104 valence electrons. The lowest BCUT2D eigenvalue weighted by Crippen LogP contribution is -2.55. The number of amides is 1. The van der Waals surface area contributed by atoms with Crippen molar-refractivity contribution >= 4 is 12.1 Å². The van der Waals surface area contributed by atoms with Crippen LogP contribution in [0.3, 0.4) is 0 Å². The van der Waals surface area contributed by atoms with Gasteiger partial charge in [-0.05, 0) is 46.5 Å². The van der Waals surface area contributed by atoms with E-state index in [-0.39, 0.29) is 6.04 Å². The summed E-state index contributed by atoms with van der Waals surface area (Å²) in [7, 11) is 0. The lowest BCUT2D eigenvalue weighted by Gasteiger charge is -2.41. The third-order valence-electron chi connectivity index (χ3n) is 3.07.